The van der Waals surface area contributed by atoms with Gasteiger partial charge >= 0.3 is 0 Å². The third kappa shape index (κ3) is 14.7. The molecule has 74 heavy (non-hydrogen) atoms. The number of aromatic nitrogens is 10. The van der Waals surface area contributed by atoms with Crippen LogP contribution >= 0.6 is 0 Å². The molecule has 2 aromatic carbocycles. The Morgan fingerprint density at radius 3 is 1.50 bits per heavy atom. The van der Waals surface area contributed by atoms with Crippen molar-refractivity contribution in [2.75, 3.05) is 128 Å². The number of likely N-dealkylation sites (N-methyl/N-ethyl adjacent to an activating group) is 2. The van der Waals surface area contributed by atoms with E-state index < -0.39 is 15.0 Å². The number of fused-ring (bicyclic) bond motifs is 2. The van der Waals surface area contributed by atoms with E-state index in [1.807, 2.05) is 24.3 Å². The number of furan rings is 2. The molecule has 0 atom stereocenters. The number of hydrogen-bond acceptors (Lipinski definition) is 22. The highest BCUT2D eigenvalue weighted by molar-refractivity contribution is 7.90. The van der Waals surface area contributed by atoms with Crippen LogP contribution in [0.5, 0.6) is 11.5 Å². The first kappa shape index (κ1) is 53.0. The lowest BCUT2D eigenvalue weighted by Crippen LogP contribution is -2.47. The molecule has 8 aromatic rings. The predicted molar refractivity (Wildman–Crippen MR) is 280 cm³/mol. The van der Waals surface area contributed by atoms with E-state index in [1.54, 1.807) is 30.5 Å². The zero-order valence-corrected chi connectivity index (χ0v) is 43.0. The van der Waals surface area contributed by atoms with Crippen LogP contribution in [-0.2, 0) is 22.7 Å². The lowest BCUT2D eigenvalue weighted by molar-refractivity contribution is 0.121. The van der Waals surface area contributed by atoms with Gasteiger partial charge in [-0.3, -0.25) is 9.80 Å². The number of rotatable bonds is 19. The molecular formula is C49H66N18O6S. The van der Waals surface area contributed by atoms with Gasteiger partial charge in [-0.15, -0.1) is 10.2 Å². The predicted octanol–water partition coefficient (Wildman–Crippen LogP) is 3.00. The number of nitrogens with two attached hydrogens (primary N) is 3. The minimum Gasteiger partial charge on any atom is -0.492 e. The molecular weight excluding hydrogens is 969 g/mol. The molecule has 8 heterocycles. The van der Waals surface area contributed by atoms with Crippen molar-refractivity contribution in [3.8, 4) is 34.7 Å². The van der Waals surface area contributed by atoms with E-state index in [1.165, 1.54) is 41.5 Å². The lowest BCUT2D eigenvalue weighted by atomic mass is 10.1. The van der Waals surface area contributed by atoms with Gasteiger partial charge in [-0.05, 0) is 92.1 Å². The molecule has 0 bridgehead atoms. The smallest absolute Gasteiger partial charge is 0.259 e. The Balaban J connectivity index is 0.000000159. The first-order valence-corrected chi connectivity index (χ1v) is 26.7. The first-order chi connectivity index (χ1) is 35.9. The summed E-state index contributed by atoms with van der Waals surface area (Å²) in [7, 11) is -3.57. The number of nitrogens with one attached hydrogen (secondary N) is 1. The van der Waals surface area contributed by atoms with Gasteiger partial charge in [0.1, 0.15) is 24.7 Å². The highest BCUT2D eigenvalue weighted by Crippen LogP contribution is 2.20. The van der Waals surface area contributed by atoms with Gasteiger partial charge in [0, 0.05) is 78.2 Å². The van der Waals surface area contributed by atoms with Crippen LogP contribution < -0.4 is 32.0 Å². The van der Waals surface area contributed by atoms with Crippen molar-refractivity contribution in [3.05, 3.63) is 96.4 Å². The van der Waals surface area contributed by atoms with Crippen LogP contribution in [-0.4, -0.2) is 188 Å². The standard InChI is InChI=1S/C24H31N9O2.C16H27N3O.C9H8N6O3S/c1-2-31-11-13-32(14-12-31)15-17-34-19-7-5-18(6-8-19)9-10-26-23-28-22(25)33-24(29-23)27-21(30-33)20-4-3-16-35-20;1-2-18-9-11-19(12-10-18)13-14-20-16-5-3-15(4-6-16)7-8-17;1-19(16,17)9-12-7(10)15-8(13-9)11-6(14-15)5-3-2-4-18-5/h3-8,16H,2,9-15,17H2,1H3,(H3,25,26,27,28,29,30);3-6H,2,7-14,17H2,1H3;2-4H,1H3,(H2,10,11,12,13,14). The van der Waals surface area contributed by atoms with Crippen molar-refractivity contribution in [1.29, 1.82) is 0 Å². The Morgan fingerprint density at radius 2 is 1.05 bits per heavy atom. The molecule has 0 unspecified atom stereocenters. The number of anilines is 3. The summed E-state index contributed by atoms with van der Waals surface area (Å²) in [5, 5.41) is 11.2. The molecule has 2 aliphatic rings. The van der Waals surface area contributed by atoms with E-state index in [9.17, 15) is 8.42 Å². The Morgan fingerprint density at radius 1 is 0.595 bits per heavy atom. The van der Waals surface area contributed by atoms with Gasteiger partial charge < -0.3 is 50.6 Å². The van der Waals surface area contributed by atoms with E-state index in [4.69, 9.17) is 35.5 Å². The molecule has 10 rings (SSSR count). The van der Waals surface area contributed by atoms with Crippen LogP contribution in [0.25, 0.3) is 34.7 Å². The van der Waals surface area contributed by atoms with Crippen LogP contribution in [0.15, 0.2) is 99.3 Å². The van der Waals surface area contributed by atoms with Crippen LogP contribution in [0.3, 0.4) is 0 Å². The fourth-order valence-corrected chi connectivity index (χ4v) is 8.60. The Hall–Kier alpha value is -7.29. The summed E-state index contributed by atoms with van der Waals surface area (Å²) in [6, 6.07) is 23.4. The van der Waals surface area contributed by atoms with E-state index in [2.05, 4.69) is 103 Å². The van der Waals surface area contributed by atoms with Gasteiger partial charge in [0.2, 0.25) is 39.3 Å². The maximum atomic E-state index is 11.4. The second-order valence-corrected chi connectivity index (χ2v) is 19.5. The molecule has 6 aromatic heterocycles. The van der Waals surface area contributed by atoms with Gasteiger partial charge in [0.25, 0.3) is 16.7 Å². The van der Waals surface area contributed by atoms with Crippen molar-refractivity contribution >= 4 is 39.2 Å². The van der Waals surface area contributed by atoms with Gasteiger partial charge in [-0.25, -0.2) is 8.42 Å². The molecule has 394 valence electrons. The highest BCUT2D eigenvalue weighted by Gasteiger charge is 2.20. The zero-order chi connectivity index (χ0) is 51.9. The van der Waals surface area contributed by atoms with E-state index in [0.717, 1.165) is 101 Å². The third-order valence-electron chi connectivity index (χ3n) is 12.4. The summed E-state index contributed by atoms with van der Waals surface area (Å²) in [6.07, 6.45) is 5.76. The molecule has 25 heteroatoms. The Labute approximate surface area is 429 Å². The second-order valence-electron chi connectivity index (χ2n) is 17.5. The van der Waals surface area contributed by atoms with Crippen LogP contribution in [0.4, 0.5) is 17.8 Å². The monoisotopic (exact) mass is 1030 g/mol. The number of nitrogen functional groups attached to an aromatic ring is 2. The normalized spacial score (nSPS) is 14.9. The number of nitrogens with zero attached hydrogens (tertiary/aromatic N) is 14. The topological polar surface area (TPSA) is 294 Å². The number of piperazine rings is 2. The Bertz CT molecular complexity index is 3060. The third-order valence-corrected chi connectivity index (χ3v) is 13.3. The minimum atomic E-state index is -3.57. The van der Waals surface area contributed by atoms with Gasteiger partial charge in [0.15, 0.2) is 11.5 Å². The summed E-state index contributed by atoms with van der Waals surface area (Å²) < 4.78 is 47.6. The molecule has 2 saturated heterocycles. The molecule has 0 saturated carbocycles. The minimum absolute atomic E-state index is 0.0410. The summed E-state index contributed by atoms with van der Waals surface area (Å²) in [6.45, 7) is 20.8. The fraction of sp³-hybridized carbons (Fsp3) is 0.429. The molecule has 0 radical (unpaired) electrons. The molecule has 7 N–H and O–H groups in total. The Kier molecular flexibility index (Phi) is 18.3. The quantitative estimate of drug-likeness (QED) is 0.0905. The summed E-state index contributed by atoms with van der Waals surface area (Å²) in [4.78, 5) is 34.5. The van der Waals surface area contributed by atoms with E-state index in [-0.39, 0.29) is 23.5 Å². The molecule has 0 spiro atoms. The average molecular weight is 1040 g/mol. The lowest BCUT2D eigenvalue weighted by Gasteiger charge is -2.33. The number of ether oxygens (including phenoxy) is 2. The summed E-state index contributed by atoms with van der Waals surface area (Å²) in [5.41, 5.74) is 19.7. The SMILES string of the molecule is CCN1CCN(CCOc2ccc(CCN)cc2)CC1.CCN1CCN(CCOc2ccc(CCNc3nc(N)n4nc(-c5ccco5)nc4n3)cc2)CC1.CS(=O)(=O)c1nc(N)n2nc(-c3ccco3)nc2n1. The van der Waals surface area contributed by atoms with Crippen LogP contribution in [0.2, 0.25) is 0 Å². The molecule has 2 aliphatic heterocycles. The number of hydrogen-bond donors (Lipinski definition) is 4. The van der Waals surface area contributed by atoms with Crippen molar-refractivity contribution in [1.82, 2.24) is 68.7 Å². The second kappa shape index (κ2) is 25.6. The van der Waals surface area contributed by atoms with Gasteiger partial charge in [0.05, 0.1) is 12.5 Å². The molecule has 0 amide bonds. The summed E-state index contributed by atoms with van der Waals surface area (Å²) in [5.74, 6) is 4.39. The van der Waals surface area contributed by atoms with Crippen molar-refractivity contribution < 1.29 is 26.7 Å². The van der Waals surface area contributed by atoms with Gasteiger partial charge in [-0.1, -0.05) is 38.1 Å². The van der Waals surface area contributed by atoms with Crippen molar-refractivity contribution in [3.63, 3.8) is 0 Å². The summed E-state index contributed by atoms with van der Waals surface area (Å²) >= 11 is 0. The average Bonchev–Trinajstić information content (AvgIpc) is 4.27. The molecule has 0 aliphatic carbocycles. The zero-order valence-electron chi connectivity index (χ0n) is 42.2. The molecule has 2 fully saturated rings. The molecule has 24 nitrogen and oxygen atoms in total. The largest absolute Gasteiger partial charge is 0.492 e. The van der Waals surface area contributed by atoms with Crippen molar-refractivity contribution in [2.45, 2.75) is 31.8 Å². The van der Waals surface area contributed by atoms with Gasteiger partial charge in [-0.2, -0.15) is 38.9 Å². The van der Waals surface area contributed by atoms with Crippen molar-refractivity contribution in [2.24, 2.45) is 5.73 Å². The van der Waals surface area contributed by atoms with E-state index in [0.29, 0.717) is 48.8 Å². The van der Waals surface area contributed by atoms with Crippen LogP contribution in [0, 0.1) is 0 Å². The maximum Gasteiger partial charge on any atom is 0.259 e. The number of sulfone groups is 1. The first-order valence-electron chi connectivity index (χ1n) is 24.8. The number of benzene rings is 2. The van der Waals surface area contributed by atoms with Crippen LogP contribution in [0.1, 0.15) is 25.0 Å². The fourth-order valence-electron chi connectivity index (χ4n) is 8.09. The highest BCUT2D eigenvalue weighted by atomic mass is 32.2. The maximum absolute atomic E-state index is 11.4. The van der Waals surface area contributed by atoms with E-state index >= 15 is 0 Å².